The van der Waals surface area contributed by atoms with E-state index >= 15 is 0 Å². The van der Waals surface area contributed by atoms with Gasteiger partial charge < -0.3 is 20.1 Å². The summed E-state index contributed by atoms with van der Waals surface area (Å²) < 4.78 is 5.29. The van der Waals surface area contributed by atoms with Crippen molar-refractivity contribution in [1.29, 1.82) is 0 Å². The molecule has 2 N–H and O–H groups in total. The average molecular weight is 306 g/mol. The molecule has 122 valence electrons. The van der Waals surface area contributed by atoms with Crippen LogP contribution in [0.25, 0.3) is 0 Å². The molecule has 0 aromatic heterocycles. The number of carbonyl (C=O) groups excluding carboxylic acids is 1. The zero-order chi connectivity index (χ0) is 15.6. The first kappa shape index (κ1) is 16.6. The predicted octanol–water partition coefficient (Wildman–Crippen LogP) is 2.15. The Morgan fingerprint density at radius 3 is 2.64 bits per heavy atom. The molecule has 5 heteroatoms. The Balaban J connectivity index is 1.57. The first-order chi connectivity index (χ1) is 10.8. The van der Waals surface area contributed by atoms with Gasteiger partial charge in [0, 0.05) is 6.54 Å². The number of hydrogen-bond acceptors (Lipinski definition) is 4. The van der Waals surface area contributed by atoms with Crippen LogP contribution in [0.5, 0.6) is 11.5 Å². The summed E-state index contributed by atoms with van der Waals surface area (Å²) in [5.41, 5.74) is 0. The SMILES string of the molecule is O=C(COc1ccccc1O)NCCCN1CCCCCC1. The molecule has 0 bridgehead atoms. The van der Waals surface area contributed by atoms with Gasteiger partial charge in [-0.15, -0.1) is 0 Å². The highest BCUT2D eigenvalue weighted by Gasteiger charge is 2.09. The number of phenolic OH excluding ortho intramolecular Hbond substituents is 1. The van der Waals surface area contributed by atoms with Crippen LogP contribution >= 0.6 is 0 Å². The van der Waals surface area contributed by atoms with E-state index in [-0.39, 0.29) is 18.3 Å². The van der Waals surface area contributed by atoms with Crippen LogP contribution in [0.15, 0.2) is 24.3 Å². The summed E-state index contributed by atoms with van der Waals surface area (Å²) in [4.78, 5) is 14.2. The van der Waals surface area contributed by atoms with Crippen LogP contribution in [0.2, 0.25) is 0 Å². The maximum Gasteiger partial charge on any atom is 0.257 e. The van der Waals surface area contributed by atoms with Crippen molar-refractivity contribution < 1.29 is 14.6 Å². The van der Waals surface area contributed by atoms with Gasteiger partial charge in [-0.05, 0) is 51.0 Å². The Labute approximate surface area is 132 Å². The second-order valence-corrected chi connectivity index (χ2v) is 5.72. The summed E-state index contributed by atoms with van der Waals surface area (Å²) >= 11 is 0. The smallest absolute Gasteiger partial charge is 0.257 e. The van der Waals surface area contributed by atoms with Crippen LogP contribution in [0.1, 0.15) is 32.1 Å². The van der Waals surface area contributed by atoms with E-state index in [4.69, 9.17) is 4.74 Å². The molecule has 1 heterocycles. The number of hydrogen-bond donors (Lipinski definition) is 2. The second-order valence-electron chi connectivity index (χ2n) is 5.72. The lowest BCUT2D eigenvalue weighted by molar-refractivity contribution is -0.123. The summed E-state index contributed by atoms with van der Waals surface area (Å²) in [5, 5.41) is 12.4. The first-order valence-corrected chi connectivity index (χ1v) is 8.15. The highest BCUT2D eigenvalue weighted by atomic mass is 16.5. The zero-order valence-corrected chi connectivity index (χ0v) is 13.1. The number of nitrogens with one attached hydrogen (secondary N) is 1. The fourth-order valence-corrected chi connectivity index (χ4v) is 2.66. The van der Waals surface area contributed by atoms with E-state index in [1.807, 2.05) is 0 Å². The highest BCUT2D eigenvalue weighted by Crippen LogP contribution is 2.23. The van der Waals surface area contributed by atoms with Crippen molar-refractivity contribution in [3.63, 3.8) is 0 Å². The van der Waals surface area contributed by atoms with Crippen LogP contribution in [0.3, 0.4) is 0 Å². The number of carbonyl (C=O) groups is 1. The molecule has 1 saturated heterocycles. The lowest BCUT2D eigenvalue weighted by atomic mass is 10.2. The van der Waals surface area contributed by atoms with Gasteiger partial charge in [-0.3, -0.25) is 4.79 Å². The summed E-state index contributed by atoms with van der Waals surface area (Å²) in [5.74, 6) is 0.234. The molecule has 0 spiro atoms. The Kier molecular flexibility index (Phi) is 7.03. The van der Waals surface area contributed by atoms with Crippen molar-refractivity contribution in [1.82, 2.24) is 10.2 Å². The first-order valence-electron chi connectivity index (χ1n) is 8.15. The normalized spacial score (nSPS) is 16.0. The van der Waals surface area contributed by atoms with Crippen molar-refractivity contribution in [2.24, 2.45) is 0 Å². The minimum atomic E-state index is -0.154. The lowest BCUT2D eigenvalue weighted by Gasteiger charge is -2.19. The molecule has 0 aliphatic carbocycles. The van der Waals surface area contributed by atoms with Crippen molar-refractivity contribution in [2.75, 3.05) is 32.8 Å². The Morgan fingerprint density at radius 2 is 1.91 bits per heavy atom. The van der Waals surface area contributed by atoms with Gasteiger partial charge in [0.1, 0.15) is 0 Å². The van der Waals surface area contributed by atoms with Gasteiger partial charge >= 0.3 is 0 Å². The van der Waals surface area contributed by atoms with Crippen LogP contribution in [0.4, 0.5) is 0 Å². The molecule has 0 unspecified atom stereocenters. The van der Waals surface area contributed by atoms with Crippen LogP contribution in [0, 0.1) is 0 Å². The predicted molar refractivity (Wildman–Crippen MR) is 86.1 cm³/mol. The molecule has 1 aliphatic heterocycles. The minimum absolute atomic E-state index is 0.0523. The summed E-state index contributed by atoms with van der Waals surface area (Å²) in [6, 6.07) is 6.65. The molecular weight excluding hydrogens is 280 g/mol. The number of rotatable bonds is 7. The monoisotopic (exact) mass is 306 g/mol. The lowest BCUT2D eigenvalue weighted by Crippen LogP contribution is -2.33. The largest absolute Gasteiger partial charge is 0.504 e. The average Bonchev–Trinajstić information content (AvgIpc) is 2.79. The number of benzene rings is 1. The quantitative estimate of drug-likeness (QED) is 0.758. The fraction of sp³-hybridized carbons (Fsp3) is 0.588. The van der Waals surface area contributed by atoms with Crippen LogP contribution in [-0.2, 0) is 4.79 Å². The molecule has 0 radical (unpaired) electrons. The van der Waals surface area contributed by atoms with Gasteiger partial charge in [-0.25, -0.2) is 0 Å². The van der Waals surface area contributed by atoms with E-state index < -0.39 is 0 Å². The third kappa shape index (κ3) is 5.93. The van der Waals surface area contributed by atoms with E-state index in [1.165, 1.54) is 44.8 Å². The summed E-state index contributed by atoms with van der Waals surface area (Å²) in [6.45, 7) is 4.01. The van der Waals surface area contributed by atoms with Crippen LogP contribution in [-0.4, -0.2) is 48.7 Å². The molecule has 1 aromatic rings. The maximum absolute atomic E-state index is 11.7. The Hall–Kier alpha value is -1.75. The fourth-order valence-electron chi connectivity index (χ4n) is 2.66. The number of likely N-dealkylation sites (tertiary alicyclic amines) is 1. The van der Waals surface area contributed by atoms with Gasteiger partial charge in [0.15, 0.2) is 18.1 Å². The van der Waals surface area contributed by atoms with E-state index in [0.717, 1.165) is 13.0 Å². The maximum atomic E-state index is 11.7. The van der Waals surface area contributed by atoms with E-state index in [2.05, 4.69) is 10.2 Å². The number of amides is 1. The molecule has 0 atom stereocenters. The molecule has 2 rings (SSSR count). The van der Waals surface area contributed by atoms with Gasteiger partial charge in [-0.1, -0.05) is 25.0 Å². The van der Waals surface area contributed by atoms with Crippen molar-refractivity contribution in [3.8, 4) is 11.5 Å². The van der Waals surface area contributed by atoms with Gasteiger partial charge in [0.25, 0.3) is 5.91 Å². The Morgan fingerprint density at radius 1 is 1.18 bits per heavy atom. The molecule has 1 fully saturated rings. The second kappa shape index (κ2) is 9.30. The third-order valence-corrected chi connectivity index (χ3v) is 3.90. The number of aromatic hydroxyl groups is 1. The molecule has 1 amide bonds. The highest BCUT2D eigenvalue weighted by molar-refractivity contribution is 5.77. The van der Waals surface area contributed by atoms with Crippen LogP contribution < -0.4 is 10.1 Å². The number of para-hydroxylation sites is 2. The molecule has 1 aliphatic rings. The van der Waals surface area contributed by atoms with Gasteiger partial charge in [0.05, 0.1) is 0 Å². The molecule has 1 aromatic carbocycles. The molecule has 22 heavy (non-hydrogen) atoms. The number of ether oxygens (including phenoxy) is 1. The third-order valence-electron chi connectivity index (χ3n) is 3.90. The summed E-state index contributed by atoms with van der Waals surface area (Å²) in [6.07, 6.45) is 6.23. The minimum Gasteiger partial charge on any atom is -0.504 e. The van der Waals surface area contributed by atoms with Crippen molar-refractivity contribution in [2.45, 2.75) is 32.1 Å². The van der Waals surface area contributed by atoms with E-state index in [1.54, 1.807) is 18.2 Å². The van der Waals surface area contributed by atoms with Crippen molar-refractivity contribution in [3.05, 3.63) is 24.3 Å². The zero-order valence-electron chi connectivity index (χ0n) is 13.1. The van der Waals surface area contributed by atoms with E-state index in [0.29, 0.717) is 12.3 Å². The van der Waals surface area contributed by atoms with Gasteiger partial charge in [-0.2, -0.15) is 0 Å². The standard InChI is InChI=1S/C17H26N2O3/c20-15-8-3-4-9-16(15)22-14-17(21)18-10-7-13-19-11-5-1-2-6-12-19/h3-4,8-9,20H,1-2,5-7,10-14H2,(H,18,21). The number of phenols is 1. The van der Waals surface area contributed by atoms with Crippen molar-refractivity contribution >= 4 is 5.91 Å². The Bertz CT molecular complexity index is 457. The summed E-state index contributed by atoms with van der Waals surface area (Å²) in [7, 11) is 0. The molecular formula is C17H26N2O3. The topological polar surface area (TPSA) is 61.8 Å². The molecule has 0 saturated carbocycles. The molecule has 5 nitrogen and oxygen atoms in total. The number of nitrogens with zero attached hydrogens (tertiary/aromatic N) is 1. The van der Waals surface area contributed by atoms with E-state index in [9.17, 15) is 9.90 Å². The van der Waals surface area contributed by atoms with Gasteiger partial charge in [0.2, 0.25) is 0 Å².